The van der Waals surface area contributed by atoms with Crippen molar-refractivity contribution in [3.05, 3.63) is 76.4 Å². The van der Waals surface area contributed by atoms with Gasteiger partial charge < -0.3 is 28.8 Å². The molecule has 1 amide bonds. The van der Waals surface area contributed by atoms with Crippen molar-refractivity contribution in [3.8, 4) is 5.75 Å². The standard InChI is InChI=1S/C25H27N3O6S/c1-16-22(24(30)34-11-10-31-2)23(17-6-4-7-19(12-17)32-3)28-18(15-35-25(28)27-16)13-21(29)26-14-20-8-5-9-33-20/h4-9,12,15,23H,10-11,13-14H2,1-3H3,(H,26,29). The zero-order valence-electron chi connectivity index (χ0n) is 19.8. The second kappa shape index (κ2) is 11.3. The number of nitrogens with one attached hydrogen (secondary N) is 1. The Morgan fingerprint density at radius 1 is 1.20 bits per heavy atom. The third-order valence-corrected chi connectivity index (χ3v) is 6.42. The van der Waals surface area contributed by atoms with Crippen molar-refractivity contribution in [1.82, 2.24) is 10.2 Å². The highest BCUT2D eigenvalue weighted by Gasteiger charge is 2.41. The minimum Gasteiger partial charge on any atom is -0.497 e. The third kappa shape index (κ3) is 5.60. The molecule has 1 N–H and O–H groups in total. The Kier molecular flexibility index (Phi) is 7.94. The van der Waals surface area contributed by atoms with Gasteiger partial charge in [0.15, 0.2) is 5.17 Å². The number of fused-ring (bicyclic) bond motifs is 1. The largest absolute Gasteiger partial charge is 0.497 e. The Labute approximate surface area is 207 Å². The molecule has 0 fully saturated rings. The molecular weight excluding hydrogens is 470 g/mol. The quantitative estimate of drug-likeness (QED) is 0.391. The van der Waals surface area contributed by atoms with Gasteiger partial charge in [0.05, 0.1) is 50.3 Å². The molecule has 1 aromatic carbocycles. The first kappa shape index (κ1) is 24.6. The lowest BCUT2D eigenvalue weighted by molar-refractivity contribution is -0.141. The molecule has 0 saturated carbocycles. The van der Waals surface area contributed by atoms with Gasteiger partial charge in [0.1, 0.15) is 18.1 Å². The van der Waals surface area contributed by atoms with E-state index < -0.39 is 12.0 Å². The van der Waals surface area contributed by atoms with Gasteiger partial charge in [-0.05, 0) is 42.2 Å². The Hall–Kier alpha value is -3.50. The minimum atomic E-state index is -0.535. The summed E-state index contributed by atoms with van der Waals surface area (Å²) < 4.78 is 21.2. The number of rotatable bonds is 10. The molecular formula is C25H27N3O6S. The van der Waals surface area contributed by atoms with E-state index in [9.17, 15) is 9.59 Å². The molecule has 9 nitrogen and oxygen atoms in total. The number of carbonyl (C=O) groups is 2. The number of nitrogens with zero attached hydrogens (tertiary/aromatic N) is 2. The van der Waals surface area contributed by atoms with E-state index in [2.05, 4.69) is 10.3 Å². The van der Waals surface area contributed by atoms with Gasteiger partial charge >= 0.3 is 5.97 Å². The predicted octanol–water partition coefficient (Wildman–Crippen LogP) is 3.76. The first-order valence-electron chi connectivity index (χ1n) is 11.0. The van der Waals surface area contributed by atoms with Crippen molar-refractivity contribution in [2.45, 2.75) is 25.9 Å². The number of methoxy groups -OCH3 is 2. The fourth-order valence-electron chi connectivity index (χ4n) is 3.88. The number of ether oxygens (including phenoxy) is 3. The van der Waals surface area contributed by atoms with Crippen molar-refractivity contribution >= 4 is 28.8 Å². The van der Waals surface area contributed by atoms with Crippen molar-refractivity contribution in [3.63, 3.8) is 0 Å². The van der Waals surface area contributed by atoms with Gasteiger partial charge in [0, 0.05) is 12.8 Å². The number of aliphatic imine (C=N–C) groups is 1. The van der Waals surface area contributed by atoms with Crippen molar-refractivity contribution in [2.75, 3.05) is 27.4 Å². The van der Waals surface area contributed by atoms with E-state index in [1.54, 1.807) is 39.5 Å². The number of hydrogen-bond acceptors (Lipinski definition) is 9. The van der Waals surface area contributed by atoms with Gasteiger partial charge in [-0.2, -0.15) is 0 Å². The van der Waals surface area contributed by atoms with Crippen LogP contribution in [0, 0.1) is 0 Å². The number of thioether (sulfide) groups is 1. The summed E-state index contributed by atoms with van der Waals surface area (Å²) in [4.78, 5) is 32.5. The van der Waals surface area contributed by atoms with Crippen molar-refractivity contribution in [2.24, 2.45) is 4.99 Å². The smallest absolute Gasteiger partial charge is 0.338 e. The molecule has 0 radical (unpaired) electrons. The fourth-order valence-corrected chi connectivity index (χ4v) is 4.84. The molecule has 4 rings (SSSR count). The third-order valence-electron chi connectivity index (χ3n) is 5.53. The number of carbonyl (C=O) groups excluding carboxylic acids is 2. The summed E-state index contributed by atoms with van der Waals surface area (Å²) in [6.07, 6.45) is 1.67. The SMILES string of the molecule is COCCOC(=O)C1=C(C)N=C2SC=C(CC(=O)NCc3ccco3)N2C1c1cccc(OC)c1. The number of allylic oxidation sites excluding steroid dienone is 1. The topological polar surface area (TPSA) is 103 Å². The van der Waals surface area contributed by atoms with Crippen LogP contribution < -0.4 is 10.1 Å². The maximum Gasteiger partial charge on any atom is 0.338 e. The Morgan fingerprint density at radius 3 is 2.80 bits per heavy atom. The molecule has 1 atom stereocenters. The van der Waals surface area contributed by atoms with Crippen molar-refractivity contribution in [1.29, 1.82) is 0 Å². The molecule has 2 aliphatic heterocycles. The lowest BCUT2D eigenvalue weighted by atomic mass is 9.93. The molecule has 0 saturated heterocycles. The Morgan fingerprint density at radius 2 is 2.06 bits per heavy atom. The molecule has 1 unspecified atom stereocenters. The van der Waals surface area contributed by atoms with Crippen LogP contribution in [0.1, 0.15) is 30.7 Å². The fraction of sp³-hybridized carbons (Fsp3) is 0.320. The van der Waals surface area contributed by atoms with E-state index in [0.29, 0.717) is 34.5 Å². The Balaban J connectivity index is 1.62. The summed E-state index contributed by atoms with van der Waals surface area (Å²) >= 11 is 1.42. The summed E-state index contributed by atoms with van der Waals surface area (Å²) in [5.74, 6) is 0.676. The van der Waals surface area contributed by atoms with Crippen LogP contribution in [0.15, 0.2) is 74.4 Å². The van der Waals surface area contributed by atoms with Gasteiger partial charge in [0.2, 0.25) is 5.91 Å². The van der Waals surface area contributed by atoms with Gasteiger partial charge in [0.25, 0.3) is 0 Å². The number of benzene rings is 1. The second-order valence-electron chi connectivity index (χ2n) is 7.83. The minimum absolute atomic E-state index is 0.109. The average Bonchev–Trinajstić information content (AvgIpc) is 3.52. The molecule has 1 aromatic heterocycles. The predicted molar refractivity (Wildman–Crippen MR) is 131 cm³/mol. The lowest BCUT2D eigenvalue weighted by Gasteiger charge is -2.36. The zero-order valence-corrected chi connectivity index (χ0v) is 20.6. The van der Waals surface area contributed by atoms with E-state index in [-0.39, 0.29) is 25.5 Å². The van der Waals surface area contributed by atoms with Crippen LogP contribution >= 0.6 is 11.8 Å². The molecule has 2 aromatic rings. The van der Waals surface area contributed by atoms with Crippen LogP contribution in [0.25, 0.3) is 0 Å². The highest BCUT2D eigenvalue weighted by Crippen LogP contribution is 2.45. The maximum absolute atomic E-state index is 13.2. The van der Waals surface area contributed by atoms with E-state index >= 15 is 0 Å². The first-order valence-corrected chi connectivity index (χ1v) is 11.9. The van der Waals surface area contributed by atoms with Crippen LogP contribution in [0.5, 0.6) is 5.75 Å². The number of esters is 1. The second-order valence-corrected chi connectivity index (χ2v) is 8.67. The van der Waals surface area contributed by atoms with E-state index in [4.69, 9.17) is 18.6 Å². The molecule has 0 spiro atoms. The number of furan rings is 1. The first-order chi connectivity index (χ1) is 17.0. The van der Waals surface area contributed by atoms with Crippen LogP contribution in [0.2, 0.25) is 0 Å². The summed E-state index contributed by atoms with van der Waals surface area (Å²) in [5, 5.41) is 5.46. The van der Waals surface area contributed by atoms with Crippen LogP contribution in [-0.2, 0) is 25.6 Å². The highest BCUT2D eigenvalue weighted by molar-refractivity contribution is 8.16. The number of amidine groups is 1. The van der Waals surface area contributed by atoms with Gasteiger partial charge in [-0.25, -0.2) is 9.79 Å². The zero-order chi connectivity index (χ0) is 24.8. The van der Waals surface area contributed by atoms with E-state index in [1.165, 1.54) is 11.8 Å². The normalized spacial score (nSPS) is 17.0. The monoisotopic (exact) mass is 497 g/mol. The van der Waals surface area contributed by atoms with E-state index in [0.717, 1.165) is 11.3 Å². The summed E-state index contributed by atoms with van der Waals surface area (Å²) in [6.45, 7) is 2.50. The van der Waals surface area contributed by atoms with E-state index in [1.807, 2.05) is 34.6 Å². The van der Waals surface area contributed by atoms with Crippen LogP contribution in [0.4, 0.5) is 0 Å². The molecule has 184 valence electrons. The molecule has 3 heterocycles. The van der Waals surface area contributed by atoms with Crippen molar-refractivity contribution < 1.29 is 28.2 Å². The van der Waals surface area contributed by atoms with Crippen LogP contribution in [0.3, 0.4) is 0 Å². The lowest BCUT2D eigenvalue weighted by Crippen LogP contribution is -2.38. The Bertz CT molecular complexity index is 1170. The summed E-state index contributed by atoms with van der Waals surface area (Å²) in [5.41, 5.74) is 2.52. The molecule has 0 bridgehead atoms. The highest BCUT2D eigenvalue weighted by atomic mass is 32.2. The maximum atomic E-state index is 13.2. The molecule has 35 heavy (non-hydrogen) atoms. The summed E-state index contributed by atoms with van der Waals surface area (Å²) in [7, 11) is 3.14. The average molecular weight is 498 g/mol. The van der Waals surface area contributed by atoms with Gasteiger partial charge in [-0.3, -0.25) is 4.79 Å². The van der Waals surface area contributed by atoms with Gasteiger partial charge in [-0.1, -0.05) is 23.9 Å². The number of hydrogen-bond donors (Lipinski definition) is 1. The molecule has 10 heteroatoms. The number of amides is 1. The van der Waals surface area contributed by atoms with Crippen LogP contribution in [-0.4, -0.2) is 49.4 Å². The summed E-state index contributed by atoms with van der Waals surface area (Å²) in [6, 6.07) is 10.5. The molecule has 2 aliphatic rings. The molecule has 0 aliphatic carbocycles. The van der Waals surface area contributed by atoms with Gasteiger partial charge in [-0.15, -0.1) is 0 Å².